The highest BCUT2D eigenvalue weighted by molar-refractivity contribution is 6.30. The molecule has 0 spiro atoms. The van der Waals surface area contributed by atoms with Crippen LogP contribution in [0.3, 0.4) is 0 Å². The number of nitrogens with one attached hydrogen (secondary N) is 1. The second-order valence-electron chi connectivity index (χ2n) is 2.92. The van der Waals surface area contributed by atoms with Crippen LogP contribution in [0.2, 0.25) is 0 Å². The van der Waals surface area contributed by atoms with Crippen LogP contribution in [0.5, 0.6) is 0 Å². The molecule has 0 bridgehead atoms. The number of hydrogen-bond acceptors (Lipinski definition) is 1. The predicted molar refractivity (Wildman–Crippen MR) is 47.8 cm³/mol. The van der Waals surface area contributed by atoms with Gasteiger partial charge in [0.05, 0.1) is 0 Å². The van der Waals surface area contributed by atoms with E-state index < -0.39 is 0 Å². The maximum absolute atomic E-state index is 11.1. The summed E-state index contributed by atoms with van der Waals surface area (Å²) in [6, 6.07) is 0.181. The van der Waals surface area contributed by atoms with Crippen LogP contribution >= 0.6 is 11.6 Å². The molecule has 1 atom stereocenters. The van der Waals surface area contributed by atoms with Gasteiger partial charge in [-0.15, -0.1) is 11.6 Å². The first-order valence-electron chi connectivity index (χ1n) is 4.02. The lowest BCUT2D eigenvalue weighted by molar-refractivity contribution is -0.121. The van der Waals surface area contributed by atoms with Crippen molar-refractivity contribution in [3.8, 4) is 0 Å². The summed E-state index contributed by atoms with van der Waals surface area (Å²) in [5.74, 6) is -0.0523. The van der Waals surface area contributed by atoms with Crippen LogP contribution in [-0.2, 0) is 4.79 Å². The third-order valence-corrected chi connectivity index (χ3v) is 1.67. The van der Waals surface area contributed by atoms with E-state index in [0.29, 0.717) is 0 Å². The molecular formula is C8H16ClNO. The SMILES string of the molecule is CCCC(Cl)C(=O)NC(C)C. The number of alkyl halides is 1. The minimum absolute atomic E-state index is 0.0523. The van der Waals surface area contributed by atoms with Gasteiger partial charge in [-0.25, -0.2) is 0 Å². The Morgan fingerprint density at radius 2 is 2.09 bits per heavy atom. The zero-order valence-electron chi connectivity index (χ0n) is 7.36. The number of hydrogen-bond donors (Lipinski definition) is 1. The zero-order chi connectivity index (χ0) is 8.85. The average molecular weight is 178 g/mol. The molecule has 2 nitrogen and oxygen atoms in total. The Bertz CT molecular complexity index is 125. The molecule has 0 rings (SSSR count). The molecule has 0 aliphatic rings. The Hall–Kier alpha value is -0.240. The van der Waals surface area contributed by atoms with Crippen molar-refractivity contribution in [2.24, 2.45) is 0 Å². The molecule has 3 heteroatoms. The van der Waals surface area contributed by atoms with Crippen LogP contribution in [0.1, 0.15) is 33.6 Å². The Morgan fingerprint density at radius 1 is 1.55 bits per heavy atom. The Morgan fingerprint density at radius 3 is 2.45 bits per heavy atom. The summed E-state index contributed by atoms with van der Waals surface area (Å²) in [6.07, 6.45) is 1.69. The number of rotatable bonds is 4. The van der Waals surface area contributed by atoms with Crippen LogP contribution < -0.4 is 5.32 Å². The zero-order valence-corrected chi connectivity index (χ0v) is 8.11. The van der Waals surface area contributed by atoms with E-state index in [-0.39, 0.29) is 17.3 Å². The molecule has 0 aromatic carbocycles. The first-order chi connectivity index (χ1) is 5.07. The summed E-state index contributed by atoms with van der Waals surface area (Å²) in [7, 11) is 0. The number of halogens is 1. The maximum Gasteiger partial charge on any atom is 0.238 e. The molecule has 0 saturated heterocycles. The average Bonchev–Trinajstić information content (AvgIpc) is 1.86. The lowest BCUT2D eigenvalue weighted by Crippen LogP contribution is -2.36. The molecule has 0 aliphatic carbocycles. The third-order valence-electron chi connectivity index (χ3n) is 1.26. The molecule has 1 unspecified atom stereocenters. The normalized spacial score (nSPS) is 13.2. The second kappa shape index (κ2) is 5.42. The largest absolute Gasteiger partial charge is 0.353 e. The Balaban J connectivity index is 3.64. The maximum atomic E-state index is 11.1. The van der Waals surface area contributed by atoms with Gasteiger partial charge in [0, 0.05) is 6.04 Å². The van der Waals surface area contributed by atoms with E-state index in [0.717, 1.165) is 12.8 Å². The molecule has 1 amide bonds. The highest BCUT2D eigenvalue weighted by Gasteiger charge is 2.13. The quantitative estimate of drug-likeness (QED) is 0.654. The lowest BCUT2D eigenvalue weighted by atomic mass is 10.2. The van der Waals surface area contributed by atoms with Gasteiger partial charge in [-0.05, 0) is 20.3 Å². The molecule has 0 radical (unpaired) electrons. The van der Waals surface area contributed by atoms with Crippen LogP contribution in [-0.4, -0.2) is 17.3 Å². The first kappa shape index (κ1) is 10.8. The third kappa shape index (κ3) is 5.08. The van der Waals surface area contributed by atoms with E-state index in [1.165, 1.54) is 0 Å². The molecular weight excluding hydrogens is 162 g/mol. The fraction of sp³-hybridized carbons (Fsp3) is 0.875. The molecule has 0 heterocycles. The van der Waals surface area contributed by atoms with Crippen molar-refractivity contribution in [3.05, 3.63) is 0 Å². The van der Waals surface area contributed by atoms with Gasteiger partial charge in [-0.2, -0.15) is 0 Å². The van der Waals surface area contributed by atoms with Crippen LogP contribution in [0.25, 0.3) is 0 Å². The Kier molecular flexibility index (Phi) is 5.30. The molecule has 0 aromatic rings. The topological polar surface area (TPSA) is 29.1 Å². The minimum atomic E-state index is -0.359. The minimum Gasteiger partial charge on any atom is -0.353 e. The second-order valence-corrected chi connectivity index (χ2v) is 3.45. The van der Waals surface area contributed by atoms with Gasteiger partial charge in [-0.3, -0.25) is 4.79 Å². The highest BCUT2D eigenvalue weighted by Crippen LogP contribution is 2.04. The van der Waals surface area contributed by atoms with E-state index in [1.54, 1.807) is 0 Å². The summed E-state index contributed by atoms with van der Waals surface area (Å²) in [5, 5.41) is 2.40. The first-order valence-corrected chi connectivity index (χ1v) is 4.46. The van der Waals surface area contributed by atoms with Crippen molar-refractivity contribution in [3.63, 3.8) is 0 Å². The van der Waals surface area contributed by atoms with Gasteiger partial charge in [0.2, 0.25) is 5.91 Å². The van der Waals surface area contributed by atoms with E-state index in [9.17, 15) is 4.79 Å². The molecule has 11 heavy (non-hydrogen) atoms. The Labute approximate surface area is 73.3 Å². The van der Waals surface area contributed by atoms with E-state index in [2.05, 4.69) is 5.32 Å². The highest BCUT2D eigenvalue weighted by atomic mass is 35.5. The fourth-order valence-corrected chi connectivity index (χ4v) is 1.04. The van der Waals surface area contributed by atoms with Gasteiger partial charge in [0.25, 0.3) is 0 Å². The van der Waals surface area contributed by atoms with Crippen molar-refractivity contribution in [1.29, 1.82) is 0 Å². The lowest BCUT2D eigenvalue weighted by Gasteiger charge is -2.11. The molecule has 0 saturated carbocycles. The van der Waals surface area contributed by atoms with Crippen molar-refractivity contribution in [2.45, 2.75) is 45.0 Å². The summed E-state index contributed by atoms with van der Waals surface area (Å²) in [6.45, 7) is 5.86. The molecule has 66 valence electrons. The summed E-state index contributed by atoms with van der Waals surface area (Å²) < 4.78 is 0. The monoisotopic (exact) mass is 177 g/mol. The van der Waals surface area contributed by atoms with Crippen molar-refractivity contribution in [1.82, 2.24) is 5.32 Å². The summed E-state index contributed by atoms with van der Waals surface area (Å²) >= 11 is 5.76. The summed E-state index contributed by atoms with van der Waals surface area (Å²) in [5.41, 5.74) is 0. The van der Waals surface area contributed by atoms with Crippen molar-refractivity contribution < 1.29 is 4.79 Å². The van der Waals surface area contributed by atoms with Crippen molar-refractivity contribution >= 4 is 17.5 Å². The van der Waals surface area contributed by atoms with Gasteiger partial charge < -0.3 is 5.32 Å². The van der Waals surface area contributed by atoms with E-state index in [4.69, 9.17) is 11.6 Å². The number of carbonyl (C=O) groups excluding carboxylic acids is 1. The van der Waals surface area contributed by atoms with Crippen molar-refractivity contribution in [2.75, 3.05) is 0 Å². The van der Waals surface area contributed by atoms with Gasteiger partial charge >= 0.3 is 0 Å². The van der Waals surface area contributed by atoms with E-state index in [1.807, 2.05) is 20.8 Å². The van der Waals surface area contributed by atoms with E-state index >= 15 is 0 Å². The van der Waals surface area contributed by atoms with Crippen LogP contribution in [0.15, 0.2) is 0 Å². The van der Waals surface area contributed by atoms with Gasteiger partial charge in [-0.1, -0.05) is 13.3 Å². The van der Waals surface area contributed by atoms with Gasteiger partial charge in [0.1, 0.15) is 5.38 Å². The van der Waals surface area contributed by atoms with Crippen LogP contribution in [0, 0.1) is 0 Å². The molecule has 0 aromatic heterocycles. The fourth-order valence-electron chi connectivity index (χ4n) is 0.759. The standard InChI is InChI=1S/C8H16ClNO/c1-4-5-7(9)8(11)10-6(2)3/h6-7H,4-5H2,1-3H3,(H,10,11). The summed E-state index contributed by atoms with van der Waals surface area (Å²) in [4.78, 5) is 11.1. The number of amides is 1. The smallest absolute Gasteiger partial charge is 0.238 e. The molecule has 1 N–H and O–H groups in total. The predicted octanol–water partition coefficient (Wildman–Crippen LogP) is 1.92. The van der Waals surface area contributed by atoms with Gasteiger partial charge in [0.15, 0.2) is 0 Å². The molecule has 0 aliphatic heterocycles. The molecule has 0 fully saturated rings. The number of carbonyl (C=O) groups is 1. The van der Waals surface area contributed by atoms with Crippen LogP contribution in [0.4, 0.5) is 0 Å².